The number of hydrogen-bond acceptors (Lipinski definition) is 5. The summed E-state index contributed by atoms with van der Waals surface area (Å²) in [4.78, 5) is 11.9. The molecule has 0 fully saturated rings. The fourth-order valence-corrected chi connectivity index (χ4v) is 1.45. The first-order valence-electron chi connectivity index (χ1n) is 4.62. The van der Waals surface area contributed by atoms with E-state index in [1.807, 2.05) is 18.2 Å². The molecule has 0 atom stereocenters. The van der Waals surface area contributed by atoms with Gasteiger partial charge in [0.1, 0.15) is 0 Å². The molecular formula is C10H6N4O2. The molecule has 2 aromatic heterocycles. The molecular weight excluding hydrogens is 208 g/mol. The summed E-state index contributed by atoms with van der Waals surface area (Å²) >= 11 is 0. The minimum absolute atomic E-state index is 0.179. The summed E-state index contributed by atoms with van der Waals surface area (Å²) in [6.45, 7) is 0. The summed E-state index contributed by atoms with van der Waals surface area (Å²) in [5.74, 6) is 0. The van der Waals surface area contributed by atoms with Gasteiger partial charge in [0.05, 0.1) is 11.9 Å². The molecule has 2 heterocycles. The zero-order chi connectivity index (χ0) is 11.0. The van der Waals surface area contributed by atoms with Gasteiger partial charge in [0.15, 0.2) is 0 Å². The summed E-state index contributed by atoms with van der Waals surface area (Å²) in [5, 5.41) is 10.9. The van der Waals surface area contributed by atoms with E-state index in [9.17, 15) is 4.79 Å². The van der Waals surface area contributed by atoms with Crippen molar-refractivity contribution >= 4 is 11.1 Å². The first-order valence-corrected chi connectivity index (χ1v) is 4.62. The predicted molar refractivity (Wildman–Crippen MR) is 55.2 cm³/mol. The first-order chi connectivity index (χ1) is 7.86. The van der Waals surface area contributed by atoms with E-state index in [-0.39, 0.29) is 16.7 Å². The molecule has 78 valence electrons. The third-order valence-corrected chi connectivity index (χ3v) is 2.20. The summed E-state index contributed by atoms with van der Waals surface area (Å²) in [5.41, 5.74) is 0.804. The van der Waals surface area contributed by atoms with Crippen LogP contribution in [0.15, 0.2) is 45.8 Å². The zero-order valence-corrected chi connectivity index (χ0v) is 8.07. The number of aromatic nitrogens is 4. The van der Waals surface area contributed by atoms with E-state index in [1.165, 1.54) is 10.9 Å². The monoisotopic (exact) mass is 214 g/mol. The summed E-state index contributed by atoms with van der Waals surface area (Å²) < 4.78 is 6.01. The topological polar surface area (TPSA) is 73.8 Å². The van der Waals surface area contributed by atoms with Crippen molar-refractivity contribution in [3.05, 3.63) is 46.9 Å². The molecule has 0 radical (unpaired) electrons. The Kier molecular flexibility index (Phi) is 1.79. The third-order valence-electron chi connectivity index (χ3n) is 2.20. The fraction of sp³-hybridized carbons (Fsp3) is 0. The number of fused-ring (bicyclic) bond motifs is 1. The fourth-order valence-electron chi connectivity index (χ4n) is 1.45. The smallest absolute Gasteiger partial charge is 0.303 e. The number of rotatable bonds is 1. The van der Waals surface area contributed by atoms with Gasteiger partial charge >= 0.3 is 5.56 Å². The molecule has 0 saturated heterocycles. The van der Waals surface area contributed by atoms with Crippen molar-refractivity contribution in [3.8, 4) is 5.69 Å². The van der Waals surface area contributed by atoms with Crippen molar-refractivity contribution in [1.82, 2.24) is 20.2 Å². The van der Waals surface area contributed by atoms with Gasteiger partial charge in [0.25, 0.3) is 0 Å². The highest BCUT2D eigenvalue weighted by molar-refractivity contribution is 5.68. The lowest BCUT2D eigenvalue weighted by atomic mass is 10.3. The van der Waals surface area contributed by atoms with Gasteiger partial charge in [-0.2, -0.15) is 9.78 Å². The van der Waals surface area contributed by atoms with Crippen LogP contribution in [-0.2, 0) is 0 Å². The van der Waals surface area contributed by atoms with Crippen LogP contribution in [0, 0.1) is 0 Å². The number of hydrogen-bond donors (Lipinski definition) is 0. The van der Waals surface area contributed by atoms with Gasteiger partial charge in [0.2, 0.25) is 11.1 Å². The molecule has 3 aromatic rings. The number of para-hydroxylation sites is 1. The molecule has 0 N–H and O–H groups in total. The lowest BCUT2D eigenvalue weighted by Crippen LogP contribution is -2.20. The minimum atomic E-state index is -0.343. The van der Waals surface area contributed by atoms with Crippen molar-refractivity contribution in [1.29, 1.82) is 0 Å². The first kappa shape index (κ1) is 8.78. The Bertz CT molecular complexity index is 687. The van der Waals surface area contributed by atoms with Gasteiger partial charge in [-0.1, -0.05) is 18.2 Å². The molecule has 1 aromatic carbocycles. The predicted octanol–water partition coefficient (Wildman–Crippen LogP) is 0.769. The SMILES string of the molecule is O=c1c2nnoc2cnn1-c1ccccc1. The van der Waals surface area contributed by atoms with Crippen molar-refractivity contribution in [2.45, 2.75) is 0 Å². The Balaban J connectivity index is 2.33. The molecule has 0 aliphatic heterocycles. The highest BCUT2D eigenvalue weighted by atomic mass is 16.5. The van der Waals surface area contributed by atoms with Gasteiger partial charge in [-0.25, -0.2) is 0 Å². The number of nitrogens with zero attached hydrogens (tertiary/aromatic N) is 4. The average Bonchev–Trinajstić information content (AvgIpc) is 2.80. The molecule has 16 heavy (non-hydrogen) atoms. The summed E-state index contributed by atoms with van der Waals surface area (Å²) in [6.07, 6.45) is 1.42. The van der Waals surface area contributed by atoms with E-state index in [4.69, 9.17) is 4.52 Å². The molecule has 3 rings (SSSR count). The van der Waals surface area contributed by atoms with Crippen LogP contribution in [0.3, 0.4) is 0 Å². The second-order valence-electron chi connectivity index (χ2n) is 3.18. The Morgan fingerprint density at radius 2 is 2.00 bits per heavy atom. The summed E-state index contributed by atoms with van der Waals surface area (Å²) in [7, 11) is 0. The van der Waals surface area contributed by atoms with Gasteiger partial charge in [-0.05, 0) is 12.1 Å². The van der Waals surface area contributed by atoms with Crippen LogP contribution in [0.1, 0.15) is 0 Å². The quantitative estimate of drug-likeness (QED) is 0.598. The van der Waals surface area contributed by atoms with Crippen LogP contribution in [0.5, 0.6) is 0 Å². The largest absolute Gasteiger partial charge is 0.335 e. The van der Waals surface area contributed by atoms with Gasteiger partial charge < -0.3 is 4.52 Å². The van der Waals surface area contributed by atoms with Crippen LogP contribution >= 0.6 is 0 Å². The number of benzene rings is 1. The molecule has 0 unspecified atom stereocenters. The molecule has 6 nitrogen and oxygen atoms in total. The van der Waals surface area contributed by atoms with E-state index in [0.29, 0.717) is 5.69 Å². The maximum Gasteiger partial charge on any atom is 0.303 e. The zero-order valence-electron chi connectivity index (χ0n) is 8.07. The second-order valence-corrected chi connectivity index (χ2v) is 3.18. The Hall–Kier alpha value is -2.50. The minimum Gasteiger partial charge on any atom is -0.335 e. The van der Waals surface area contributed by atoms with Crippen LogP contribution in [0.4, 0.5) is 0 Å². The molecule has 0 spiro atoms. The summed E-state index contributed by atoms with van der Waals surface area (Å²) in [6, 6.07) is 9.09. The van der Waals surface area contributed by atoms with Gasteiger partial charge in [-0.15, -0.1) is 5.10 Å². The van der Waals surface area contributed by atoms with Crippen molar-refractivity contribution in [3.63, 3.8) is 0 Å². The van der Waals surface area contributed by atoms with Gasteiger partial charge in [-0.3, -0.25) is 4.79 Å². The van der Waals surface area contributed by atoms with Crippen LogP contribution in [0.2, 0.25) is 0 Å². The lowest BCUT2D eigenvalue weighted by Gasteiger charge is -2.01. The van der Waals surface area contributed by atoms with Crippen molar-refractivity contribution < 1.29 is 4.52 Å². The van der Waals surface area contributed by atoms with E-state index >= 15 is 0 Å². The maximum absolute atomic E-state index is 11.9. The van der Waals surface area contributed by atoms with E-state index in [2.05, 4.69) is 15.5 Å². The molecule has 0 aliphatic carbocycles. The highest BCUT2D eigenvalue weighted by Crippen LogP contribution is 2.06. The van der Waals surface area contributed by atoms with Crippen LogP contribution < -0.4 is 5.56 Å². The molecule has 0 bridgehead atoms. The Morgan fingerprint density at radius 3 is 2.81 bits per heavy atom. The van der Waals surface area contributed by atoms with E-state index in [0.717, 1.165) is 0 Å². The molecule has 0 saturated carbocycles. The van der Waals surface area contributed by atoms with Crippen LogP contribution in [-0.4, -0.2) is 20.2 Å². The van der Waals surface area contributed by atoms with Crippen molar-refractivity contribution in [2.75, 3.05) is 0 Å². The van der Waals surface area contributed by atoms with Crippen molar-refractivity contribution in [2.24, 2.45) is 0 Å². The maximum atomic E-state index is 11.9. The molecule has 6 heteroatoms. The van der Waals surface area contributed by atoms with E-state index < -0.39 is 0 Å². The average molecular weight is 214 g/mol. The molecule has 0 aliphatic rings. The van der Waals surface area contributed by atoms with Gasteiger partial charge in [0, 0.05) is 5.27 Å². The Morgan fingerprint density at radius 1 is 1.19 bits per heavy atom. The highest BCUT2D eigenvalue weighted by Gasteiger charge is 2.09. The van der Waals surface area contributed by atoms with Crippen LogP contribution in [0.25, 0.3) is 16.8 Å². The van der Waals surface area contributed by atoms with E-state index in [1.54, 1.807) is 12.1 Å². The molecule has 0 amide bonds. The third kappa shape index (κ3) is 1.20. The Labute approximate surface area is 89.1 Å². The second kappa shape index (κ2) is 3.27. The normalized spacial score (nSPS) is 10.8. The lowest BCUT2D eigenvalue weighted by molar-refractivity contribution is 0.423. The standard InChI is InChI=1S/C10H6N4O2/c15-10-9-8(16-13-12-9)6-11-14(10)7-4-2-1-3-5-7/h1-6H.